The van der Waals surface area contributed by atoms with Crippen LogP contribution in [-0.2, 0) is 11.3 Å². The van der Waals surface area contributed by atoms with Crippen LogP contribution in [0.3, 0.4) is 0 Å². The number of alkyl halides is 3. The summed E-state index contributed by atoms with van der Waals surface area (Å²) < 4.78 is 37.4. The molecular weight excluding hydrogens is 449 g/mol. The third-order valence-corrected chi connectivity index (χ3v) is 5.44. The van der Waals surface area contributed by atoms with Crippen LogP contribution in [0.5, 0.6) is 0 Å². The van der Waals surface area contributed by atoms with E-state index in [-0.39, 0.29) is 8.76 Å². The third-order valence-electron chi connectivity index (χ3n) is 5.44. The minimum Gasteiger partial charge on any atom is -0.356 e. The summed E-state index contributed by atoms with van der Waals surface area (Å²) in [6, 6.07) is 12.0. The summed E-state index contributed by atoms with van der Waals surface area (Å²) >= 11 is 0. The quantitative estimate of drug-likeness (QED) is 0.484. The van der Waals surface area contributed by atoms with Gasteiger partial charge in [0.25, 0.3) is 5.91 Å². The second kappa shape index (κ2) is 9.94. The maximum atomic E-state index is 12.5. The Balaban J connectivity index is 0.00000228. The van der Waals surface area contributed by atoms with Gasteiger partial charge in [0.05, 0.1) is 0 Å². The first-order chi connectivity index (χ1) is 16.3. The van der Waals surface area contributed by atoms with Gasteiger partial charge in [-0.25, -0.2) is 9.97 Å². The Morgan fingerprint density at radius 3 is 2.74 bits per heavy atom. The van der Waals surface area contributed by atoms with Crippen molar-refractivity contribution >= 4 is 17.6 Å². The Kier molecular flexibility index (Phi) is 6.80. The van der Waals surface area contributed by atoms with Crippen molar-refractivity contribution in [2.75, 3.05) is 18.0 Å². The zero-order chi connectivity index (χ0) is 24.1. The summed E-state index contributed by atoms with van der Waals surface area (Å²) in [5, 5.41) is 4.78. The van der Waals surface area contributed by atoms with E-state index in [0.29, 0.717) is 48.8 Å². The maximum Gasteiger partial charge on any atom is 0.405 e. The number of amides is 2. The van der Waals surface area contributed by atoms with Gasteiger partial charge in [0.1, 0.15) is 24.1 Å². The van der Waals surface area contributed by atoms with Crippen molar-refractivity contribution in [3.63, 3.8) is 0 Å². The van der Waals surface area contributed by atoms with E-state index in [2.05, 4.69) is 20.3 Å². The van der Waals surface area contributed by atoms with Crippen LogP contribution in [0.2, 0.25) is 0 Å². The van der Waals surface area contributed by atoms with Crippen LogP contribution in [-0.4, -0.2) is 52.1 Å². The number of hydrogen-bond acceptors (Lipinski definition) is 5. The lowest BCUT2D eigenvalue weighted by Crippen LogP contribution is -2.46. The van der Waals surface area contributed by atoms with Crippen LogP contribution in [0.1, 0.15) is 31.7 Å². The molecule has 3 aromatic rings. The molecule has 0 unspecified atom stereocenters. The number of hydrogen-bond donors (Lipinski definition) is 3. The second-order valence-corrected chi connectivity index (χ2v) is 7.89. The lowest BCUT2D eigenvalue weighted by molar-refractivity contribution is -0.139. The molecule has 1 atom stereocenters. The van der Waals surface area contributed by atoms with Crippen LogP contribution >= 0.6 is 0 Å². The molecule has 4 rings (SSSR count). The van der Waals surface area contributed by atoms with Crippen molar-refractivity contribution in [3.05, 3.63) is 66.1 Å². The van der Waals surface area contributed by atoms with Crippen LogP contribution in [0, 0.1) is 0 Å². The van der Waals surface area contributed by atoms with Gasteiger partial charge in [0.2, 0.25) is 5.91 Å². The highest BCUT2D eigenvalue weighted by molar-refractivity contribution is 5.93. The van der Waals surface area contributed by atoms with Gasteiger partial charge in [0, 0.05) is 33.9 Å². The zero-order valence-electron chi connectivity index (χ0n) is 18.1. The highest BCUT2D eigenvalue weighted by Crippen LogP contribution is 2.26. The molecule has 0 saturated carbocycles. The number of rotatable bonds is 7. The fraction of sp³-hybridized carbons (Fsp3) is 0.304. The van der Waals surface area contributed by atoms with E-state index < -0.39 is 24.7 Å². The summed E-state index contributed by atoms with van der Waals surface area (Å²) in [5.41, 5.74) is 1.88. The fourth-order valence-electron chi connectivity index (χ4n) is 3.79. The standard InChI is InChI=1S/C23H23F3N6O2.2H2/c24-23(25,26)14-30-22(34)18-7-4-10-32(18)19-8-9-27-20(31-19)16-11-17(28-13-16)21(33)29-12-15-5-2-1-3-6-15;;/h1-3,5-6,8-9,11,13,18,28H,4,7,10,12,14H2,(H,29,33)(H,30,34);2*1H/t18-;;/m1../s1. The monoisotopic (exact) mass is 476 g/mol. The van der Waals surface area contributed by atoms with Crippen molar-refractivity contribution in [3.8, 4) is 11.4 Å². The second-order valence-electron chi connectivity index (χ2n) is 7.89. The molecule has 1 aromatic carbocycles. The first-order valence-electron chi connectivity index (χ1n) is 10.8. The normalized spacial score (nSPS) is 15.9. The third kappa shape index (κ3) is 5.72. The summed E-state index contributed by atoms with van der Waals surface area (Å²) in [4.78, 5) is 38.1. The molecule has 1 aliphatic rings. The number of aromatic amines is 1. The Labute approximate surface area is 196 Å². The van der Waals surface area contributed by atoms with Gasteiger partial charge in [0.15, 0.2) is 5.82 Å². The molecule has 182 valence electrons. The minimum absolute atomic E-state index is 0. The Hall–Kier alpha value is -3.89. The molecule has 1 aliphatic heterocycles. The molecule has 3 heterocycles. The van der Waals surface area contributed by atoms with Gasteiger partial charge in [-0.1, -0.05) is 30.3 Å². The lowest BCUT2D eigenvalue weighted by Gasteiger charge is -2.25. The van der Waals surface area contributed by atoms with Crippen LogP contribution in [0.15, 0.2) is 54.9 Å². The van der Waals surface area contributed by atoms with Gasteiger partial charge in [-0.05, 0) is 30.5 Å². The highest BCUT2D eigenvalue weighted by atomic mass is 19.4. The maximum absolute atomic E-state index is 12.5. The van der Waals surface area contributed by atoms with E-state index in [0.717, 1.165) is 5.56 Å². The molecule has 34 heavy (non-hydrogen) atoms. The number of carbonyl (C=O) groups is 2. The van der Waals surface area contributed by atoms with Crippen molar-refractivity contribution in [1.82, 2.24) is 25.6 Å². The molecule has 0 radical (unpaired) electrons. The molecule has 2 amide bonds. The summed E-state index contributed by atoms with van der Waals surface area (Å²) in [6.45, 7) is -0.503. The molecule has 8 nitrogen and oxygen atoms in total. The van der Waals surface area contributed by atoms with Crippen LogP contribution in [0.25, 0.3) is 11.4 Å². The predicted molar refractivity (Wildman–Crippen MR) is 123 cm³/mol. The van der Waals surface area contributed by atoms with Gasteiger partial charge < -0.3 is 20.5 Å². The molecule has 11 heteroatoms. The summed E-state index contributed by atoms with van der Waals surface area (Å²) in [7, 11) is 0. The zero-order valence-corrected chi connectivity index (χ0v) is 18.1. The topological polar surface area (TPSA) is 103 Å². The number of halogens is 3. The first-order valence-corrected chi connectivity index (χ1v) is 10.8. The van der Waals surface area contributed by atoms with E-state index >= 15 is 0 Å². The highest BCUT2D eigenvalue weighted by Gasteiger charge is 2.35. The number of benzene rings is 1. The Morgan fingerprint density at radius 2 is 1.97 bits per heavy atom. The number of H-pyrrole nitrogens is 1. The molecule has 3 N–H and O–H groups in total. The van der Waals surface area contributed by atoms with Crippen molar-refractivity contribution in [1.29, 1.82) is 0 Å². The van der Waals surface area contributed by atoms with Gasteiger partial charge >= 0.3 is 6.18 Å². The number of anilines is 1. The van der Waals surface area contributed by atoms with Crippen molar-refractivity contribution < 1.29 is 25.6 Å². The molecule has 0 bridgehead atoms. The number of nitrogens with zero attached hydrogens (tertiary/aromatic N) is 3. The molecular formula is C23H27F3N6O2. The number of carbonyl (C=O) groups excluding carboxylic acids is 2. The fourth-order valence-corrected chi connectivity index (χ4v) is 3.79. The molecule has 0 aliphatic carbocycles. The minimum atomic E-state index is -4.47. The van der Waals surface area contributed by atoms with Gasteiger partial charge in [-0.3, -0.25) is 9.59 Å². The summed E-state index contributed by atoms with van der Waals surface area (Å²) in [6.07, 6.45) is -0.268. The van der Waals surface area contributed by atoms with Gasteiger partial charge in [-0.15, -0.1) is 0 Å². The van der Waals surface area contributed by atoms with E-state index in [9.17, 15) is 22.8 Å². The van der Waals surface area contributed by atoms with Crippen molar-refractivity contribution in [2.24, 2.45) is 0 Å². The van der Waals surface area contributed by atoms with E-state index in [1.807, 2.05) is 35.6 Å². The smallest absolute Gasteiger partial charge is 0.356 e. The van der Waals surface area contributed by atoms with E-state index in [1.54, 1.807) is 23.2 Å². The molecule has 2 aromatic heterocycles. The lowest BCUT2D eigenvalue weighted by atomic mass is 10.2. The SMILES string of the molecule is O=C(NCc1ccccc1)c1cc(-c2nccc(N3CCC[C@@H]3C(=O)NCC(F)(F)F)n2)c[nH]1.[HH].[HH]. The van der Waals surface area contributed by atoms with E-state index in [4.69, 9.17) is 0 Å². The Morgan fingerprint density at radius 1 is 1.18 bits per heavy atom. The van der Waals surface area contributed by atoms with Crippen molar-refractivity contribution in [2.45, 2.75) is 31.6 Å². The Bertz CT molecular complexity index is 1160. The first kappa shape index (κ1) is 23.3. The average Bonchev–Trinajstić information content (AvgIpc) is 3.52. The molecule has 0 spiro atoms. The van der Waals surface area contributed by atoms with Gasteiger partial charge in [-0.2, -0.15) is 13.2 Å². The largest absolute Gasteiger partial charge is 0.405 e. The number of nitrogens with one attached hydrogen (secondary N) is 3. The average molecular weight is 477 g/mol. The van der Waals surface area contributed by atoms with E-state index in [1.165, 1.54) is 6.20 Å². The van der Waals surface area contributed by atoms with Crippen LogP contribution in [0.4, 0.5) is 19.0 Å². The molecule has 1 saturated heterocycles. The van der Waals surface area contributed by atoms with Crippen LogP contribution < -0.4 is 15.5 Å². The molecule has 1 fully saturated rings. The summed E-state index contributed by atoms with van der Waals surface area (Å²) in [5.74, 6) is -0.204. The number of aromatic nitrogens is 3. The predicted octanol–water partition coefficient (Wildman–Crippen LogP) is 3.54.